The van der Waals surface area contributed by atoms with E-state index in [-0.39, 0.29) is 12.1 Å². The second-order valence-electron chi connectivity index (χ2n) is 6.99. The van der Waals surface area contributed by atoms with E-state index in [1.165, 1.54) is 16.6 Å². The molecule has 1 atom stereocenters. The lowest BCUT2D eigenvalue weighted by Gasteiger charge is -2.38. The number of H-pyrrole nitrogens is 1. The number of nitrogens with zero attached hydrogens (tertiary/aromatic N) is 1. The molecule has 2 aromatic carbocycles. The van der Waals surface area contributed by atoms with Gasteiger partial charge in [-0.1, -0.05) is 50.2 Å². The highest BCUT2D eigenvalue weighted by Crippen LogP contribution is 2.38. The molecule has 4 heteroatoms. The molecule has 1 aliphatic heterocycles. The average molecular weight is 333 g/mol. The zero-order valence-electron chi connectivity index (χ0n) is 14.6. The van der Waals surface area contributed by atoms with Crippen LogP contribution < -0.4 is 5.32 Å². The molecular weight excluding hydrogens is 310 g/mol. The number of nitrogens with one attached hydrogen (secondary N) is 2. The van der Waals surface area contributed by atoms with Gasteiger partial charge in [0.15, 0.2) is 0 Å². The van der Waals surface area contributed by atoms with Crippen LogP contribution in [0.1, 0.15) is 31.1 Å². The molecule has 0 aliphatic carbocycles. The topological polar surface area (TPSA) is 48.1 Å². The van der Waals surface area contributed by atoms with Gasteiger partial charge in [0.2, 0.25) is 0 Å². The van der Waals surface area contributed by atoms with Gasteiger partial charge < -0.3 is 15.2 Å². The number of fused-ring (bicyclic) bond motifs is 3. The molecular formula is C21H23N3O. The Bertz CT molecular complexity index is 898. The van der Waals surface area contributed by atoms with Crippen molar-refractivity contribution in [3.05, 3.63) is 65.9 Å². The van der Waals surface area contributed by atoms with Crippen molar-refractivity contribution in [2.24, 2.45) is 5.92 Å². The van der Waals surface area contributed by atoms with Crippen LogP contribution in [0.15, 0.2) is 54.6 Å². The van der Waals surface area contributed by atoms with Crippen molar-refractivity contribution >= 4 is 22.6 Å². The summed E-state index contributed by atoms with van der Waals surface area (Å²) in [5, 5.41) is 4.32. The fourth-order valence-electron chi connectivity index (χ4n) is 3.91. The van der Waals surface area contributed by atoms with Crippen molar-refractivity contribution in [1.29, 1.82) is 0 Å². The summed E-state index contributed by atoms with van der Waals surface area (Å²) in [7, 11) is 0. The van der Waals surface area contributed by atoms with Crippen molar-refractivity contribution < 1.29 is 4.79 Å². The number of anilines is 1. The summed E-state index contributed by atoms with van der Waals surface area (Å²) in [5.74, 6) is 0.327. The molecule has 2 amide bonds. The maximum Gasteiger partial charge on any atom is 0.322 e. The third-order valence-electron chi connectivity index (χ3n) is 5.00. The van der Waals surface area contributed by atoms with Gasteiger partial charge in [0.1, 0.15) is 0 Å². The third-order valence-corrected chi connectivity index (χ3v) is 5.00. The second kappa shape index (κ2) is 6.28. The van der Waals surface area contributed by atoms with Crippen molar-refractivity contribution in [3.8, 4) is 0 Å². The number of hydrogen-bond acceptors (Lipinski definition) is 1. The first kappa shape index (κ1) is 15.8. The number of hydrogen-bond donors (Lipinski definition) is 2. The number of amides is 2. The Morgan fingerprint density at radius 2 is 1.84 bits per heavy atom. The van der Waals surface area contributed by atoms with Crippen molar-refractivity contribution in [2.75, 3.05) is 11.9 Å². The zero-order chi connectivity index (χ0) is 17.4. The molecule has 1 aliphatic rings. The molecule has 1 aromatic heterocycles. The molecule has 0 unspecified atom stereocenters. The normalized spacial score (nSPS) is 16.9. The van der Waals surface area contributed by atoms with E-state index in [9.17, 15) is 4.79 Å². The van der Waals surface area contributed by atoms with Crippen LogP contribution in [0.3, 0.4) is 0 Å². The molecule has 0 fully saturated rings. The van der Waals surface area contributed by atoms with E-state index in [0.717, 1.165) is 24.2 Å². The third kappa shape index (κ3) is 2.78. The zero-order valence-corrected chi connectivity index (χ0v) is 14.6. The molecule has 0 spiro atoms. The summed E-state index contributed by atoms with van der Waals surface area (Å²) in [6.07, 6.45) is 0.880. The molecule has 0 saturated heterocycles. The Balaban J connectivity index is 1.69. The Kier molecular flexibility index (Phi) is 3.96. The predicted molar refractivity (Wildman–Crippen MR) is 102 cm³/mol. The first-order valence-corrected chi connectivity index (χ1v) is 8.87. The van der Waals surface area contributed by atoms with E-state index in [2.05, 4.69) is 48.4 Å². The second-order valence-corrected chi connectivity index (χ2v) is 6.99. The molecule has 4 rings (SSSR count). The SMILES string of the molecule is CC(C)[C@H]1c2[nH]c3ccccc3c2CCN1C(=O)Nc1ccccc1. The number of aromatic amines is 1. The summed E-state index contributed by atoms with van der Waals surface area (Å²) in [6.45, 7) is 5.08. The van der Waals surface area contributed by atoms with Crippen LogP contribution in [0, 0.1) is 5.92 Å². The van der Waals surface area contributed by atoms with Gasteiger partial charge in [-0.25, -0.2) is 4.79 Å². The van der Waals surface area contributed by atoms with Crippen molar-refractivity contribution in [3.63, 3.8) is 0 Å². The molecule has 0 bridgehead atoms. The summed E-state index contributed by atoms with van der Waals surface area (Å²) in [5.41, 5.74) is 4.53. The van der Waals surface area contributed by atoms with E-state index in [0.29, 0.717) is 5.92 Å². The number of carbonyl (C=O) groups excluding carboxylic acids is 1. The maximum absolute atomic E-state index is 12.9. The number of aromatic nitrogens is 1. The molecule has 0 radical (unpaired) electrons. The van der Waals surface area contributed by atoms with E-state index >= 15 is 0 Å². The van der Waals surface area contributed by atoms with Crippen LogP contribution in [-0.4, -0.2) is 22.5 Å². The van der Waals surface area contributed by atoms with E-state index in [1.807, 2.05) is 35.2 Å². The number of urea groups is 1. The Morgan fingerprint density at radius 1 is 1.12 bits per heavy atom. The highest BCUT2D eigenvalue weighted by atomic mass is 16.2. The van der Waals surface area contributed by atoms with E-state index < -0.39 is 0 Å². The van der Waals surface area contributed by atoms with Crippen LogP contribution in [-0.2, 0) is 6.42 Å². The minimum absolute atomic E-state index is 0.0331. The smallest absolute Gasteiger partial charge is 0.322 e. The van der Waals surface area contributed by atoms with Crippen LogP contribution in [0.2, 0.25) is 0 Å². The van der Waals surface area contributed by atoms with Crippen LogP contribution in [0.5, 0.6) is 0 Å². The van der Waals surface area contributed by atoms with Gasteiger partial charge in [-0.2, -0.15) is 0 Å². The summed E-state index contributed by atoms with van der Waals surface area (Å²) in [6, 6.07) is 18.1. The molecule has 128 valence electrons. The maximum atomic E-state index is 12.9. The summed E-state index contributed by atoms with van der Waals surface area (Å²) < 4.78 is 0. The van der Waals surface area contributed by atoms with Crippen molar-refractivity contribution in [1.82, 2.24) is 9.88 Å². The molecule has 4 nitrogen and oxygen atoms in total. The molecule has 2 heterocycles. The van der Waals surface area contributed by atoms with Crippen LogP contribution >= 0.6 is 0 Å². The highest BCUT2D eigenvalue weighted by molar-refractivity contribution is 5.91. The molecule has 3 aromatic rings. The summed E-state index contributed by atoms with van der Waals surface area (Å²) >= 11 is 0. The number of carbonyl (C=O) groups is 1. The number of rotatable bonds is 2. The Labute approximate surface area is 147 Å². The average Bonchev–Trinajstić information content (AvgIpc) is 3.00. The van der Waals surface area contributed by atoms with Gasteiger partial charge in [-0.05, 0) is 36.1 Å². The Morgan fingerprint density at radius 3 is 2.60 bits per heavy atom. The fraction of sp³-hybridized carbons (Fsp3) is 0.286. The number of benzene rings is 2. The lowest BCUT2D eigenvalue weighted by molar-refractivity contribution is 0.159. The molecule has 25 heavy (non-hydrogen) atoms. The highest BCUT2D eigenvalue weighted by Gasteiger charge is 2.35. The van der Waals surface area contributed by atoms with Gasteiger partial charge in [0.05, 0.1) is 6.04 Å². The minimum atomic E-state index is -0.0331. The van der Waals surface area contributed by atoms with Gasteiger partial charge in [-0.15, -0.1) is 0 Å². The Hall–Kier alpha value is -2.75. The minimum Gasteiger partial charge on any atom is -0.356 e. The predicted octanol–water partition coefficient (Wildman–Crippen LogP) is 4.96. The lowest BCUT2D eigenvalue weighted by atomic mass is 9.90. The summed E-state index contributed by atoms with van der Waals surface area (Å²) in [4.78, 5) is 18.5. The largest absolute Gasteiger partial charge is 0.356 e. The lowest BCUT2D eigenvalue weighted by Crippen LogP contribution is -2.44. The van der Waals surface area contributed by atoms with Gasteiger partial charge in [-0.3, -0.25) is 0 Å². The van der Waals surface area contributed by atoms with E-state index in [4.69, 9.17) is 0 Å². The number of para-hydroxylation sites is 2. The van der Waals surface area contributed by atoms with Crippen molar-refractivity contribution in [2.45, 2.75) is 26.3 Å². The molecule has 0 saturated carbocycles. The van der Waals surface area contributed by atoms with Gasteiger partial charge in [0, 0.05) is 28.8 Å². The fourth-order valence-corrected chi connectivity index (χ4v) is 3.91. The standard InChI is InChI=1S/C21H23N3O/c1-14(2)20-19-17(16-10-6-7-11-18(16)23-19)12-13-24(20)21(25)22-15-8-4-3-5-9-15/h3-11,14,20,23H,12-13H2,1-2H3,(H,22,25)/t20-/m0/s1. The molecule has 2 N–H and O–H groups in total. The first-order valence-electron chi connectivity index (χ1n) is 8.87. The van der Waals surface area contributed by atoms with Gasteiger partial charge in [0.25, 0.3) is 0 Å². The van der Waals surface area contributed by atoms with Crippen LogP contribution in [0.4, 0.5) is 10.5 Å². The van der Waals surface area contributed by atoms with Gasteiger partial charge >= 0.3 is 6.03 Å². The first-order chi connectivity index (χ1) is 12.1. The quantitative estimate of drug-likeness (QED) is 0.684. The monoisotopic (exact) mass is 333 g/mol. The van der Waals surface area contributed by atoms with E-state index in [1.54, 1.807) is 0 Å². The van der Waals surface area contributed by atoms with Crippen LogP contribution in [0.25, 0.3) is 10.9 Å².